The van der Waals surface area contributed by atoms with Gasteiger partial charge in [-0.2, -0.15) is 0 Å². The molecule has 0 aliphatic rings. The fraction of sp³-hybridized carbons (Fsp3) is 0.400. The Morgan fingerprint density at radius 1 is 1.03 bits per heavy atom. The minimum atomic E-state index is -1.06. The maximum Gasteiger partial charge on any atom is 0.248 e. The van der Waals surface area contributed by atoms with Crippen molar-refractivity contribution < 1.29 is 18.9 Å². The average molecular weight is 553 g/mol. The Balaban J connectivity index is 2.07. The van der Waals surface area contributed by atoms with Crippen molar-refractivity contribution in [2.45, 2.75) is 79.3 Å². The highest BCUT2D eigenvalue weighted by atomic mass is 35.5. The third-order valence-corrected chi connectivity index (χ3v) is 7.00. The summed E-state index contributed by atoms with van der Waals surface area (Å²) in [7, 11) is 0. The van der Waals surface area contributed by atoms with E-state index in [1.807, 2.05) is 53.7 Å². The van der Waals surface area contributed by atoms with Crippen LogP contribution in [0.4, 0.5) is 11.5 Å². The molecule has 1 heterocycles. The second kappa shape index (κ2) is 12.5. The Morgan fingerprint density at radius 2 is 1.67 bits per heavy atom. The van der Waals surface area contributed by atoms with E-state index in [-0.39, 0.29) is 36.4 Å². The monoisotopic (exact) mass is 552 g/mol. The molecule has 3 rings (SSSR count). The number of aromatic nitrogens is 1. The number of nitrogens with zero attached hydrogens (tertiary/aromatic N) is 2. The lowest BCUT2D eigenvalue weighted by molar-refractivity contribution is -0.128. The molecule has 0 aliphatic carbocycles. The topological polar surface area (TPSA) is 105 Å². The lowest BCUT2D eigenvalue weighted by Gasteiger charge is -2.36. The number of benzene rings is 2. The third kappa shape index (κ3) is 7.47. The highest BCUT2D eigenvalue weighted by Gasteiger charge is 2.37. The zero-order chi connectivity index (χ0) is 28.9. The summed E-state index contributed by atoms with van der Waals surface area (Å²) in [5.41, 5.74) is 3.31. The van der Waals surface area contributed by atoms with Crippen LogP contribution in [0.25, 0.3) is 0 Å². The van der Waals surface area contributed by atoms with E-state index in [1.165, 1.54) is 4.90 Å². The van der Waals surface area contributed by atoms with Crippen LogP contribution in [0.2, 0.25) is 5.02 Å². The van der Waals surface area contributed by atoms with Crippen molar-refractivity contribution in [3.8, 4) is 0 Å². The van der Waals surface area contributed by atoms with Gasteiger partial charge in [-0.15, -0.1) is 0 Å². The zero-order valence-electron chi connectivity index (χ0n) is 23.6. The quantitative estimate of drug-likeness (QED) is 0.304. The lowest BCUT2D eigenvalue weighted by atomic mass is 9.96. The molecule has 9 heteroatoms. The first-order valence-electron chi connectivity index (χ1n) is 13.0. The molecule has 0 radical (unpaired) electrons. The van der Waals surface area contributed by atoms with Crippen LogP contribution in [0.5, 0.6) is 0 Å². The van der Waals surface area contributed by atoms with Crippen molar-refractivity contribution in [3.63, 3.8) is 0 Å². The van der Waals surface area contributed by atoms with Gasteiger partial charge in [0.15, 0.2) is 5.82 Å². The van der Waals surface area contributed by atoms with E-state index in [4.69, 9.17) is 16.1 Å². The summed E-state index contributed by atoms with van der Waals surface area (Å²) in [4.78, 5) is 42.2. The van der Waals surface area contributed by atoms with E-state index in [2.05, 4.69) is 15.8 Å². The number of amides is 3. The number of carbonyl (C=O) groups is 3. The first-order chi connectivity index (χ1) is 18.3. The number of halogens is 1. The Labute approximate surface area is 235 Å². The van der Waals surface area contributed by atoms with Gasteiger partial charge in [0.25, 0.3) is 0 Å². The molecule has 0 unspecified atom stereocenters. The molecule has 3 amide bonds. The lowest BCUT2D eigenvalue weighted by Crippen LogP contribution is -2.51. The Morgan fingerprint density at radius 3 is 2.23 bits per heavy atom. The van der Waals surface area contributed by atoms with Crippen molar-refractivity contribution in [2.24, 2.45) is 0 Å². The standard InChI is InChI=1S/C30H37ClN4O4/c1-8-30(6,7)33-29(38)28(22-11-9-10-12-23(22)31)35(27-19(3)15-18(2)16-20(27)4)26(37)14-13-25(36)32-24-17-21(5)39-34-24/h9-12,15-17,28H,8,13-14H2,1-7H3,(H,33,38)(H,32,34,36)/t28-/m1/s1. The number of nitrogens with one attached hydrogen (secondary N) is 2. The molecule has 0 spiro atoms. The molecule has 3 aromatic rings. The van der Waals surface area contributed by atoms with Gasteiger partial charge < -0.3 is 15.2 Å². The van der Waals surface area contributed by atoms with Gasteiger partial charge in [-0.05, 0) is 65.2 Å². The van der Waals surface area contributed by atoms with Crippen LogP contribution in [0.15, 0.2) is 47.0 Å². The van der Waals surface area contributed by atoms with Gasteiger partial charge in [0.1, 0.15) is 11.8 Å². The van der Waals surface area contributed by atoms with Crippen molar-refractivity contribution in [1.82, 2.24) is 10.5 Å². The SMILES string of the molecule is CCC(C)(C)NC(=O)[C@@H](c1ccccc1Cl)N(C(=O)CCC(=O)Nc1cc(C)on1)c1c(C)cc(C)cc1C. The number of carbonyl (C=O) groups excluding carboxylic acids is 3. The van der Waals surface area contributed by atoms with Crippen molar-refractivity contribution in [3.05, 3.63) is 75.5 Å². The minimum Gasteiger partial charge on any atom is -0.360 e. The van der Waals surface area contributed by atoms with E-state index in [9.17, 15) is 14.4 Å². The van der Waals surface area contributed by atoms with Crippen molar-refractivity contribution >= 4 is 40.8 Å². The molecule has 208 valence electrons. The highest BCUT2D eigenvalue weighted by molar-refractivity contribution is 6.31. The van der Waals surface area contributed by atoms with Crippen molar-refractivity contribution in [2.75, 3.05) is 10.2 Å². The van der Waals surface area contributed by atoms with Gasteiger partial charge in [-0.3, -0.25) is 19.3 Å². The number of aryl methyl sites for hydroxylation is 4. The molecular weight excluding hydrogens is 516 g/mol. The molecule has 0 fully saturated rings. The summed E-state index contributed by atoms with van der Waals surface area (Å²) in [6.07, 6.45) is 0.440. The summed E-state index contributed by atoms with van der Waals surface area (Å²) >= 11 is 6.63. The van der Waals surface area contributed by atoms with Crippen LogP contribution in [0.1, 0.15) is 74.1 Å². The maximum atomic E-state index is 14.0. The number of hydrogen-bond acceptors (Lipinski definition) is 5. The van der Waals surface area contributed by atoms with Crippen LogP contribution in [0.3, 0.4) is 0 Å². The van der Waals surface area contributed by atoms with Crippen LogP contribution in [-0.2, 0) is 14.4 Å². The number of hydrogen-bond donors (Lipinski definition) is 2. The second-order valence-corrected chi connectivity index (χ2v) is 10.9. The predicted molar refractivity (Wildman–Crippen MR) is 154 cm³/mol. The van der Waals surface area contributed by atoms with Gasteiger partial charge in [0, 0.05) is 35.0 Å². The number of rotatable bonds is 10. The molecule has 0 saturated carbocycles. The molecular formula is C30H37ClN4O4. The summed E-state index contributed by atoms with van der Waals surface area (Å²) in [6, 6.07) is 11.5. The summed E-state index contributed by atoms with van der Waals surface area (Å²) in [5, 5.41) is 9.88. The van der Waals surface area contributed by atoms with Crippen molar-refractivity contribution in [1.29, 1.82) is 0 Å². The van der Waals surface area contributed by atoms with E-state index in [1.54, 1.807) is 37.3 Å². The predicted octanol–water partition coefficient (Wildman–Crippen LogP) is 6.36. The van der Waals surface area contributed by atoms with Gasteiger partial charge in [-0.25, -0.2) is 0 Å². The Hall–Kier alpha value is -3.65. The normalized spacial score (nSPS) is 12.1. The van der Waals surface area contributed by atoms with Gasteiger partial charge in [-0.1, -0.05) is 59.6 Å². The molecule has 0 saturated heterocycles. The first-order valence-corrected chi connectivity index (χ1v) is 13.4. The molecule has 0 aliphatic heterocycles. The fourth-order valence-corrected chi connectivity index (χ4v) is 4.75. The maximum absolute atomic E-state index is 14.0. The fourth-order valence-electron chi connectivity index (χ4n) is 4.51. The largest absolute Gasteiger partial charge is 0.360 e. The van der Waals surface area contributed by atoms with Crippen LogP contribution in [0, 0.1) is 27.7 Å². The molecule has 1 aromatic heterocycles. The highest BCUT2D eigenvalue weighted by Crippen LogP contribution is 2.37. The van der Waals surface area contributed by atoms with E-state index in [0.717, 1.165) is 16.7 Å². The van der Waals surface area contributed by atoms with Gasteiger partial charge in [0.05, 0.1) is 5.69 Å². The molecule has 0 bridgehead atoms. The van der Waals surface area contributed by atoms with Crippen LogP contribution < -0.4 is 15.5 Å². The Kier molecular flexibility index (Phi) is 9.56. The molecule has 2 aromatic carbocycles. The number of anilines is 2. The van der Waals surface area contributed by atoms with Gasteiger partial charge >= 0.3 is 0 Å². The van der Waals surface area contributed by atoms with E-state index < -0.39 is 11.6 Å². The first kappa shape index (κ1) is 29.9. The average Bonchev–Trinajstić information content (AvgIpc) is 3.26. The second-order valence-electron chi connectivity index (χ2n) is 10.5. The molecule has 1 atom stereocenters. The smallest absolute Gasteiger partial charge is 0.248 e. The molecule has 39 heavy (non-hydrogen) atoms. The summed E-state index contributed by atoms with van der Waals surface area (Å²) in [6.45, 7) is 13.4. The summed E-state index contributed by atoms with van der Waals surface area (Å²) < 4.78 is 4.99. The van der Waals surface area contributed by atoms with E-state index >= 15 is 0 Å². The van der Waals surface area contributed by atoms with Gasteiger partial charge in [0.2, 0.25) is 17.7 Å². The van der Waals surface area contributed by atoms with Crippen LogP contribution in [-0.4, -0.2) is 28.4 Å². The van der Waals surface area contributed by atoms with E-state index in [0.29, 0.717) is 28.5 Å². The van der Waals surface area contributed by atoms with Crippen LogP contribution >= 0.6 is 11.6 Å². The molecule has 8 nitrogen and oxygen atoms in total. The Bertz CT molecular complexity index is 1340. The zero-order valence-corrected chi connectivity index (χ0v) is 24.4. The third-order valence-electron chi connectivity index (χ3n) is 6.66. The summed E-state index contributed by atoms with van der Waals surface area (Å²) in [5.74, 6) is -0.292. The minimum absolute atomic E-state index is 0.109. The molecule has 2 N–H and O–H groups in total.